The van der Waals surface area contributed by atoms with E-state index in [1.807, 2.05) is 0 Å². The number of amides is 2. The molecule has 0 aliphatic rings. The molecule has 0 aliphatic carbocycles. The predicted octanol–water partition coefficient (Wildman–Crippen LogP) is 0.318. The van der Waals surface area contributed by atoms with Gasteiger partial charge in [-0.05, 0) is 37.1 Å². The summed E-state index contributed by atoms with van der Waals surface area (Å²) in [5.74, 6) is -0.596. The summed E-state index contributed by atoms with van der Waals surface area (Å²) < 4.78 is 22.1. The maximum atomic E-state index is 11.6. The van der Waals surface area contributed by atoms with Crippen LogP contribution in [0.1, 0.15) is 25.7 Å². The molecule has 1 aromatic carbocycles. The minimum atomic E-state index is -3.73. The lowest BCUT2D eigenvalue weighted by atomic mass is 10.2. The van der Waals surface area contributed by atoms with E-state index in [0.29, 0.717) is 18.5 Å². The average Bonchev–Trinajstić information content (AvgIpc) is 2.34. The second-order valence-electron chi connectivity index (χ2n) is 4.29. The van der Waals surface area contributed by atoms with Gasteiger partial charge in [-0.15, -0.1) is 0 Å². The highest BCUT2D eigenvalue weighted by Gasteiger charge is 2.08. The summed E-state index contributed by atoms with van der Waals surface area (Å²) in [5, 5.41) is 7.58. The Balaban J connectivity index is 2.44. The van der Waals surface area contributed by atoms with E-state index in [-0.39, 0.29) is 29.6 Å². The van der Waals surface area contributed by atoms with Crippen LogP contribution < -0.4 is 16.2 Å². The van der Waals surface area contributed by atoms with Crippen LogP contribution >= 0.6 is 0 Å². The molecular weight excluding hydrogens is 282 g/mol. The number of anilines is 1. The molecule has 0 spiro atoms. The van der Waals surface area contributed by atoms with Crippen molar-refractivity contribution < 1.29 is 18.0 Å². The summed E-state index contributed by atoms with van der Waals surface area (Å²) in [6.45, 7) is 0. The predicted molar refractivity (Wildman–Crippen MR) is 74.1 cm³/mol. The van der Waals surface area contributed by atoms with Gasteiger partial charge in [0.25, 0.3) is 0 Å². The van der Waals surface area contributed by atoms with Crippen LogP contribution in [0, 0.1) is 0 Å². The topological polar surface area (TPSA) is 132 Å². The molecule has 0 aliphatic heterocycles. The maximum Gasteiger partial charge on any atom is 0.238 e. The normalized spacial score (nSPS) is 11.1. The van der Waals surface area contributed by atoms with E-state index in [1.165, 1.54) is 24.3 Å². The number of primary amides is 1. The molecule has 0 bridgehead atoms. The number of carbonyl (C=O) groups excluding carboxylic acids is 2. The molecule has 2 amide bonds. The minimum Gasteiger partial charge on any atom is -0.370 e. The number of benzene rings is 1. The van der Waals surface area contributed by atoms with E-state index in [9.17, 15) is 18.0 Å². The van der Waals surface area contributed by atoms with Crippen LogP contribution in [0.3, 0.4) is 0 Å². The first-order chi connectivity index (χ1) is 9.29. The van der Waals surface area contributed by atoms with Crippen LogP contribution in [-0.4, -0.2) is 20.2 Å². The molecule has 8 heteroatoms. The molecule has 0 aromatic heterocycles. The summed E-state index contributed by atoms with van der Waals surface area (Å²) in [7, 11) is -3.73. The summed E-state index contributed by atoms with van der Waals surface area (Å²) in [6, 6.07) is 5.55. The Morgan fingerprint density at radius 3 is 2.10 bits per heavy atom. The number of hydrogen-bond acceptors (Lipinski definition) is 4. The van der Waals surface area contributed by atoms with Crippen LogP contribution in [0.2, 0.25) is 0 Å². The van der Waals surface area contributed by atoms with Crippen LogP contribution in [0.5, 0.6) is 0 Å². The highest BCUT2D eigenvalue weighted by molar-refractivity contribution is 7.89. The van der Waals surface area contributed by atoms with Gasteiger partial charge in [0, 0.05) is 18.5 Å². The lowest BCUT2D eigenvalue weighted by Crippen LogP contribution is -2.14. The number of primary sulfonamides is 1. The van der Waals surface area contributed by atoms with Crippen molar-refractivity contribution >= 4 is 27.5 Å². The van der Waals surface area contributed by atoms with Gasteiger partial charge in [-0.1, -0.05) is 0 Å². The largest absolute Gasteiger partial charge is 0.370 e. The first kappa shape index (κ1) is 16.1. The molecule has 110 valence electrons. The minimum absolute atomic E-state index is 0.0167. The molecule has 0 atom stereocenters. The fourth-order valence-electron chi connectivity index (χ4n) is 1.54. The molecule has 7 nitrogen and oxygen atoms in total. The highest BCUT2D eigenvalue weighted by Crippen LogP contribution is 2.13. The van der Waals surface area contributed by atoms with Gasteiger partial charge in [-0.25, -0.2) is 13.6 Å². The molecule has 0 saturated heterocycles. The van der Waals surface area contributed by atoms with E-state index in [1.54, 1.807) is 0 Å². The van der Waals surface area contributed by atoms with Crippen molar-refractivity contribution in [1.82, 2.24) is 0 Å². The van der Waals surface area contributed by atoms with Crippen molar-refractivity contribution in [2.45, 2.75) is 30.6 Å². The molecule has 20 heavy (non-hydrogen) atoms. The Hall–Kier alpha value is -1.93. The fourth-order valence-corrected chi connectivity index (χ4v) is 2.05. The Morgan fingerprint density at radius 2 is 1.60 bits per heavy atom. The van der Waals surface area contributed by atoms with Gasteiger partial charge in [0.1, 0.15) is 0 Å². The van der Waals surface area contributed by atoms with E-state index >= 15 is 0 Å². The molecule has 0 heterocycles. The molecule has 5 N–H and O–H groups in total. The molecule has 0 radical (unpaired) electrons. The monoisotopic (exact) mass is 299 g/mol. The number of hydrogen-bond donors (Lipinski definition) is 3. The molecule has 0 saturated carbocycles. The van der Waals surface area contributed by atoms with Crippen LogP contribution in [-0.2, 0) is 19.6 Å². The zero-order chi connectivity index (χ0) is 15.2. The number of nitrogens with one attached hydrogen (secondary N) is 1. The second-order valence-corrected chi connectivity index (χ2v) is 5.85. The van der Waals surface area contributed by atoms with Crippen molar-refractivity contribution in [2.24, 2.45) is 10.9 Å². The number of nitrogens with two attached hydrogens (primary N) is 2. The van der Waals surface area contributed by atoms with Crippen LogP contribution in [0.25, 0.3) is 0 Å². The van der Waals surface area contributed by atoms with Crippen LogP contribution in [0.4, 0.5) is 5.69 Å². The third kappa shape index (κ3) is 5.81. The van der Waals surface area contributed by atoms with Gasteiger partial charge in [0.2, 0.25) is 21.8 Å². The van der Waals surface area contributed by atoms with Gasteiger partial charge in [-0.3, -0.25) is 9.59 Å². The third-order valence-electron chi connectivity index (χ3n) is 2.54. The molecule has 0 fully saturated rings. The molecule has 1 rings (SSSR count). The Labute approximate surface area is 117 Å². The zero-order valence-electron chi connectivity index (χ0n) is 10.8. The van der Waals surface area contributed by atoms with Gasteiger partial charge in [0.05, 0.1) is 4.90 Å². The summed E-state index contributed by atoms with van der Waals surface area (Å²) in [4.78, 5) is 22.1. The lowest BCUT2D eigenvalue weighted by Gasteiger charge is -2.05. The number of carbonyl (C=O) groups is 2. The number of rotatable bonds is 7. The van der Waals surface area contributed by atoms with E-state index < -0.39 is 10.0 Å². The van der Waals surface area contributed by atoms with Crippen molar-refractivity contribution in [3.63, 3.8) is 0 Å². The Morgan fingerprint density at radius 1 is 1.05 bits per heavy atom. The van der Waals surface area contributed by atoms with Crippen molar-refractivity contribution in [3.05, 3.63) is 24.3 Å². The summed E-state index contributed by atoms with van der Waals surface area (Å²) >= 11 is 0. The molecular formula is C12H17N3O4S. The van der Waals surface area contributed by atoms with Crippen LogP contribution in [0.15, 0.2) is 29.2 Å². The lowest BCUT2D eigenvalue weighted by molar-refractivity contribution is -0.119. The van der Waals surface area contributed by atoms with Gasteiger partial charge in [0.15, 0.2) is 0 Å². The van der Waals surface area contributed by atoms with Gasteiger partial charge < -0.3 is 11.1 Å². The molecule has 1 aromatic rings. The first-order valence-electron chi connectivity index (χ1n) is 6.00. The Kier molecular flexibility index (Phi) is 5.66. The smallest absolute Gasteiger partial charge is 0.238 e. The summed E-state index contributed by atoms with van der Waals surface area (Å²) in [6.07, 6.45) is 1.65. The average molecular weight is 299 g/mol. The van der Waals surface area contributed by atoms with Gasteiger partial charge >= 0.3 is 0 Å². The van der Waals surface area contributed by atoms with E-state index in [2.05, 4.69) is 5.32 Å². The highest BCUT2D eigenvalue weighted by atomic mass is 32.2. The quantitative estimate of drug-likeness (QED) is 0.625. The zero-order valence-corrected chi connectivity index (χ0v) is 11.7. The molecule has 0 unspecified atom stereocenters. The number of unbranched alkanes of at least 4 members (excludes halogenated alkanes) is 1. The fraction of sp³-hybridized carbons (Fsp3) is 0.333. The Bertz CT molecular complexity index is 581. The first-order valence-corrected chi connectivity index (χ1v) is 7.54. The van der Waals surface area contributed by atoms with Crippen molar-refractivity contribution in [2.75, 3.05) is 5.32 Å². The van der Waals surface area contributed by atoms with Crippen molar-refractivity contribution in [1.29, 1.82) is 0 Å². The summed E-state index contributed by atoms with van der Waals surface area (Å²) in [5.41, 5.74) is 5.47. The second kappa shape index (κ2) is 7.01. The maximum absolute atomic E-state index is 11.6. The van der Waals surface area contributed by atoms with E-state index in [0.717, 1.165) is 0 Å². The van der Waals surface area contributed by atoms with Crippen molar-refractivity contribution in [3.8, 4) is 0 Å². The standard InChI is InChI=1S/C12H17N3O4S/c13-11(16)3-1-2-4-12(17)15-9-5-7-10(8-6-9)20(14,18)19/h5-8H,1-4H2,(H2,13,16)(H,15,17)(H2,14,18,19). The van der Waals surface area contributed by atoms with E-state index in [4.69, 9.17) is 10.9 Å². The third-order valence-corrected chi connectivity index (χ3v) is 3.47. The van der Waals surface area contributed by atoms with Gasteiger partial charge in [-0.2, -0.15) is 0 Å². The SMILES string of the molecule is NC(=O)CCCCC(=O)Nc1ccc(S(N)(=O)=O)cc1. The number of sulfonamides is 1.